The van der Waals surface area contributed by atoms with Crippen LogP contribution in [-0.2, 0) is 4.74 Å². The Bertz CT molecular complexity index is 377. The monoisotopic (exact) mass is 250 g/mol. The second kappa shape index (κ2) is 6.18. The Kier molecular flexibility index (Phi) is 4.33. The van der Waals surface area contributed by atoms with Gasteiger partial charge in [0.1, 0.15) is 0 Å². The molecule has 2 rings (SSSR count). The van der Waals surface area contributed by atoms with Crippen LogP contribution in [0.4, 0.5) is 10.7 Å². The topological polar surface area (TPSA) is 67.3 Å². The number of ether oxygens (including phenoxy) is 1. The summed E-state index contributed by atoms with van der Waals surface area (Å²) in [5.41, 5.74) is 0. The molecule has 1 aromatic rings. The molecule has 1 N–H and O–H groups in total. The minimum absolute atomic E-state index is 0.358. The predicted octanol–water partition coefficient (Wildman–Crippen LogP) is 1.05. The number of rotatable bonds is 3. The number of amides is 1. The molecule has 0 saturated carbocycles. The second-order valence-corrected chi connectivity index (χ2v) is 4.35. The van der Waals surface area contributed by atoms with Gasteiger partial charge in [-0.15, -0.1) is 0 Å². The molecule has 0 aromatic carbocycles. The molecule has 6 heteroatoms. The molecule has 1 amide bonds. The van der Waals surface area contributed by atoms with Gasteiger partial charge in [0.05, 0.1) is 7.11 Å². The molecule has 1 saturated heterocycles. The van der Waals surface area contributed by atoms with Crippen molar-refractivity contribution in [3.63, 3.8) is 0 Å². The van der Waals surface area contributed by atoms with Crippen LogP contribution in [-0.4, -0.2) is 42.8 Å². The lowest BCUT2D eigenvalue weighted by Crippen LogP contribution is -2.39. The first kappa shape index (κ1) is 12.6. The van der Waals surface area contributed by atoms with Gasteiger partial charge < -0.3 is 15.0 Å². The minimum atomic E-state index is -0.358. The molecule has 1 fully saturated rings. The van der Waals surface area contributed by atoms with Crippen molar-refractivity contribution in [2.45, 2.75) is 12.8 Å². The summed E-state index contributed by atoms with van der Waals surface area (Å²) in [5.74, 6) is 1.29. The Balaban J connectivity index is 1.76. The zero-order valence-electron chi connectivity index (χ0n) is 10.5. The van der Waals surface area contributed by atoms with Crippen molar-refractivity contribution in [1.82, 2.24) is 15.3 Å². The number of nitrogens with zero attached hydrogens (tertiary/aromatic N) is 3. The van der Waals surface area contributed by atoms with E-state index in [4.69, 9.17) is 0 Å². The highest BCUT2D eigenvalue weighted by Gasteiger charge is 2.21. The first-order chi connectivity index (χ1) is 8.79. The number of nitrogens with one attached hydrogen (secondary N) is 1. The molecular formula is C12H18N4O2. The van der Waals surface area contributed by atoms with Crippen LogP contribution in [0.2, 0.25) is 0 Å². The number of methoxy groups -OCH3 is 1. The van der Waals surface area contributed by atoms with Gasteiger partial charge in [-0.3, -0.25) is 0 Å². The number of hydrogen-bond acceptors (Lipinski definition) is 5. The molecule has 0 atom stereocenters. The van der Waals surface area contributed by atoms with Crippen molar-refractivity contribution < 1.29 is 9.53 Å². The van der Waals surface area contributed by atoms with Gasteiger partial charge in [-0.1, -0.05) is 0 Å². The molecular weight excluding hydrogens is 232 g/mol. The third-order valence-corrected chi connectivity index (χ3v) is 3.17. The van der Waals surface area contributed by atoms with Gasteiger partial charge in [0.15, 0.2) is 0 Å². The van der Waals surface area contributed by atoms with E-state index in [1.165, 1.54) is 7.11 Å². The van der Waals surface area contributed by atoms with Crippen molar-refractivity contribution >= 4 is 12.0 Å². The highest BCUT2D eigenvalue weighted by molar-refractivity contribution is 5.66. The molecule has 0 unspecified atom stereocenters. The summed E-state index contributed by atoms with van der Waals surface area (Å²) in [7, 11) is 1.38. The van der Waals surface area contributed by atoms with E-state index < -0.39 is 0 Å². The zero-order chi connectivity index (χ0) is 12.8. The molecule has 0 spiro atoms. The van der Waals surface area contributed by atoms with Gasteiger partial charge in [0.2, 0.25) is 5.95 Å². The van der Waals surface area contributed by atoms with Gasteiger partial charge in [-0.05, 0) is 24.8 Å². The van der Waals surface area contributed by atoms with Crippen molar-refractivity contribution in [3.05, 3.63) is 18.5 Å². The fourth-order valence-electron chi connectivity index (χ4n) is 2.09. The summed E-state index contributed by atoms with van der Waals surface area (Å²) in [6.07, 6.45) is 5.22. The van der Waals surface area contributed by atoms with E-state index in [0.29, 0.717) is 12.5 Å². The number of carbonyl (C=O) groups is 1. The van der Waals surface area contributed by atoms with E-state index in [0.717, 1.165) is 31.9 Å². The van der Waals surface area contributed by atoms with Crippen LogP contribution in [0.25, 0.3) is 0 Å². The van der Waals surface area contributed by atoms with E-state index >= 15 is 0 Å². The molecule has 0 radical (unpaired) electrons. The van der Waals surface area contributed by atoms with E-state index in [1.807, 2.05) is 6.07 Å². The lowest BCUT2D eigenvalue weighted by Gasteiger charge is -2.31. The van der Waals surface area contributed by atoms with Gasteiger partial charge in [-0.25, -0.2) is 14.8 Å². The van der Waals surface area contributed by atoms with Crippen LogP contribution < -0.4 is 10.2 Å². The van der Waals surface area contributed by atoms with Crippen LogP contribution in [0.5, 0.6) is 0 Å². The van der Waals surface area contributed by atoms with E-state index in [-0.39, 0.29) is 6.09 Å². The molecule has 18 heavy (non-hydrogen) atoms. The molecule has 0 aliphatic carbocycles. The first-order valence-corrected chi connectivity index (χ1v) is 6.13. The summed E-state index contributed by atoms with van der Waals surface area (Å²) >= 11 is 0. The number of carbonyl (C=O) groups excluding carboxylic acids is 1. The lowest BCUT2D eigenvalue weighted by molar-refractivity contribution is 0.168. The van der Waals surface area contributed by atoms with Gasteiger partial charge >= 0.3 is 6.09 Å². The quantitative estimate of drug-likeness (QED) is 0.868. The number of anilines is 1. The zero-order valence-corrected chi connectivity index (χ0v) is 10.5. The minimum Gasteiger partial charge on any atom is -0.453 e. The smallest absolute Gasteiger partial charge is 0.406 e. The summed E-state index contributed by atoms with van der Waals surface area (Å²) < 4.78 is 4.55. The van der Waals surface area contributed by atoms with Crippen LogP contribution in [0.15, 0.2) is 18.5 Å². The summed E-state index contributed by atoms with van der Waals surface area (Å²) in [6, 6.07) is 1.82. The molecule has 1 aliphatic rings. The fourth-order valence-corrected chi connectivity index (χ4v) is 2.09. The maximum atomic E-state index is 11.0. The Hall–Kier alpha value is -1.85. The molecule has 6 nitrogen and oxygen atoms in total. The Morgan fingerprint density at radius 1 is 1.44 bits per heavy atom. The second-order valence-electron chi connectivity index (χ2n) is 4.35. The lowest BCUT2D eigenvalue weighted by atomic mass is 9.97. The van der Waals surface area contributed by atoms with E-state index in [1.54, 1.807) is 12.4 Å². The average Bonchev–Trinajstić information content (AvgIpc) is 2.46. The SMILES string of the molecule is COC(=O)NCC1CCN(c2ncccn2)CC1. The normalized spacial score (nSPS) is 16.4. The fraction of sp³-hybridized carbons (Fsp3) is 0.583. The van der Waals surface area contributed by atoms with Crippen LogP contribution in [0.3, 0.4) is 0 Å². The largest absolute Gasteiger partial charge is 0.453 e. The maximum absolute atomic E-state index is 11.0. The third-order valence-electron chi connectivity index (χ3n) is 3.17. The van der Waals surface area contributed by atoms with Crippen LogP contribution in [0.1, 0.15) is 12.8 Å². The van der Waals surface area contributed by atoms with Crippen molar-refractivity contribution in [3.8, 4) is 0 Å². The van der Waals surface area contributed by atoms with Gasteiger partial charge in [-0.2, -0.15) is 0 Å². The number of alkyl carbamates (subject to hydrolysis) is 1. The Morgan fingerprint density at radius 2 is 2.11 bits per heavy atom. The highest BCUT2D eigenvalue weighted by atomic mass is 16.5. The molecule has 2 heterocycles. The first-order valence-electron chi connectivity index (χ1n) is 6.13. The molecule has 98 valence electrons. The predicted molar refractivity (Wildman–Crippen MR) is 67.4 cm³/mol. The third kappa shape index (κ3) is 3.32. The summed E-state index contributed by atoms with van der Waals surface area (Å²) in [5, 5.41) is 2.75. The Morgan fingerprint density at radius 3 is 2.72 bits per heavy atom. The standard InChI is InChI=1S/C12H18N4O2/c1-18-12(17)15-9-10-3-7-16(8-4-10)11-13-5-2-6-14-11/h2,5-6,10H,3-4,7-9H2,1H3,(H,15,17). The van der Waals surface area contributed by atoms with E-state index in [9.17, 15) is 4.79 Å². The Labute approximate surface area is 106 Å². The van der Waals surface area contributed by atoms with Crippen molar-refractivity contribution in [2.75, 3.05) is 31.6 Å². The van der Waals surface area contributed by atoms with Crippen molar-refractivity contribution in [1.29, 1.82) is 0 Å². The number of hydrogen-bond donors (Lipinski definition) is 1. The molecule has 1 aliphatic heterocycles. The van der Waals surface area contributed by atoms with Gasteiger partial charge in [0.25, 0.3) is 0 Å². The average molecular weight is 250 g/mol. The maximum Gasteiger partial charge on any atom is 0.406 e. The number of aromatic nitrogens is 2. The molecule has 1 aromatic heterocycles. The van der Waals surface area contributed by atoms with Gasteiger partial charge in [0, 0.05) is 32.0 Å². The molecule has 0 bridgehead atoms. The highest BCUT2D eigenvalue weighted by Crippen LogP contribution is 2.19. The summed E-state index contributed by atoms with van der Waals surface area (Å²) in [4.78, 5) is 21.6. The summed E-state index contributed by atoms with van der Waals surface area (Å²) in [6.45, 7) is 2.53. The van der Waals surface area contributed by atoms with E-state index in [2.05, 4.69) is 24.9 Å². The number of piperidine rings is 1. The van der Waals surface area contributed by atoms with Crippen LogP contribution >= 0.6 is 0 Å². The van der Waals surface area contributed by atoms with Crippen molar-refractivity contribution in [2.24, 2.45) is 5.92 Å². The van der Waals surface area contributed by atoms with Crippen LogP contribution in [0, 0.1) is 5.92 Å².